The number of aromatic amines is 1. The first kappa shape index (κ1) is 20.9. The quantitative estimate of drug-likeness (QED) is 0.338. The van der Waals surface area contributed by atoms with Gasteiger partial charge in [0.1, 0.15) is 10.9 Å². The third kappa shape index (κ3) is 4.03. The van der Waals surface area contributed by atoms with Crippen LogP contribution in [0.5, 0.6) is 0 Å². The number of benzene rings is 2. The SMILES string of the molecule is N#Cc1cnc2sc(-c3cccc(CN4CCOCC4)c3)cc2c1Nc1ccc2[nH]ccc2c1. The molecule has 1 saturated heterocycles. The van der Waals surface area contributed by atoms with Crippen molar-refractivity contribution in [2.75, 3.05) is 31.6 Å². The Morgan fingerprint density at radius 2 is 2.03 bits per heavy atom. The van der Waals surface area contributed by atoms with Crippen molar-refractivity contribution in [3.05, 3.63) is 78.1 Å². The van der Waals surface area contributed by atoms with Crippen molar-refractivity contribution in [3.8, 4) is 16.5 Å². The Labute approximate surface area is 201 Å². The van der Waals surface area contributed by atoms with Crippen LogP contribution in [-0.2, 0) is 11.3 Å². The lowest BCUT2D eigenvalue weighted by atomic mass is 10.1. The number of H-pyrrole nitrogens is 1. The van der Waals surface area contributed by atoms with Crippen molar-refractivity contribution >= 4 is 43.8 Å². The number of pyridine rings is 1. The fraction of sp³-hybridized carbons (Fsp3) is 0.185. The van der Waals surface area contributed by atoms with E-state index in [4.69, 9.17) is 4.74 Å². The minimum Gasteiger partial charge on any atom is -0.379 e. The highest BCUT2D eigenvalue weighted by Crippen LogP contribution is 2.39. The Morgan fingerprint density at radius 1 is 1.12 bits per heavy atom. The smallest absolute Gasteiger partial charge is 0.126 e. The molecule has 4 heterocycles. The average Bonchev–Trinajstić information content (AvgIpc) is 3.52. The van der Waals surface area contributed by atoms with Gasteiger partial charge in [-0.3, -0.25) is 4.90 Å². The molecule has 1 aliphatic rings. The predicted octanol–water partition coefficient (Wildman–Crippen LogP) is 5.89. The summed E-state index contributed by atoms with van der Waals surface area (Å²) in [5.41, 5.74) is 5.83. The van der Waals surface area contributed by atoms with Gasteiger partial charge in [-0.1, -0.05) is 18.2 Å². The molecule has 1 aliphatic heterocycles. The number of aromatic nitrogens is 2. The third-order valence-corrected chi connectivity index (χ3v) is 7.32. The summed E-state index contributed by atoms with van der Waals surface area (Å²) in [6.45, 7) is 4.47. The zero-order valence-electron chi connectivity index (χ0n) is 18.5. The van der Waals surface area contributed by atoms with Gasteiger partial charge >= 0.3 is 0 Å². The molecule has 168 valence electrons. The molecule has 0 atom stereocenters. The zero-order valence-corrected chi connectivity index (χ0v) is 19.4. The minimum atomic E-state index is 0.534. The molecule has 0 bridgehead atoms. The largest absolute Gasteiger partial charge is 0.379 e. The molecule has 0 spiro atoms. The van der Waals surface area contributed by atoms with E-state index in [2.05, 4.69) is 62.7 Å². The van der Waals surface area contributed by atoms with Crippen LogP contribution in [0.3, 0.4) is 0 Å². The number of anilines is 2. The van der Waals surface area contributed by atoms with Crippen molar-refractivity contribution in [2.45, 2.75) is 6.54 Å². The van der Waals surface area contributed by atoms with Gasteiger partial charge in [0.15, 0.2) is 0 Å². The van der Waals surface area contributed by atoms with Crippen molar-refractivity contribution in [1.29, 1.82) is 5.26 Å². The van der Waals surface area contributed by atoms with Crippen molar-refractivity contribution < 1.29 is 4.74 Å². The van der Waals surface area contributed by atoms with Gasteiger partial charge in [-0.05, 0) is 47.5 Å². The lowest BCUT2D eigenvalue weighted by Crippen LogP contribution is -2.35. The fourth-order valence-corrected chi connectivity index (χ4v) is 5.47. The van der Waals surface area contributed by atoms with Gasteiger partial charge in [-0.2, -0.15) is 5.26 Å². The summed E-state index contributed by atoms with van der Waals surface area (Å²) < 4.78 is 5.48. The Bertz CT molecular complexity index is 1520. The molecule has 1 fully saturated rings. The van der Waals surface area contributed by atoms with Crippen molar-refractivity contribution in [3.63, 3.8) is 0 Å². The summed E-state index contributed by atoms with van der Waals surface area (Å²) in [6.07, 6.45) is 3.59. The van der Waals surface area contributed by atoms with Crippen LogP contribution in [0.15, 0.2) is 67.0 Å². The molecule has 3 aromatic heterocycles. The van der Waals surface area contributed by atoms with Gasteiger partial charge in [0, 0.05) is 58.9 Å². The van der Waals surface area contributed by atoms with Gasteiger partial charge in [0.05, 0.1) is 24.5 Å². The van der Waals surface area contributed by atoms with E-state index in [1.165, 1.54) is 11.1 Å². The van der Waals surface area contributed by atoms with Crippen LogP contribution in [0.4, 0.5) is 11.4 Å². The first-order valence-electron chi connectivity index (χ1n) is 11.3. The van der Waals surface area contributed by atoms with Crippen LogP contribution >= 0.6 is 11.3 Å². The molecule has 5 aromatic rings. The molecule has 0 saturated carbocycles. The molecule has 7 heteroatoms. The summed E-state index contributed by atoms with van der Waals surface area (Å²) in [4.78, 5) is 12.3. The molecular formula is C27H23N5OS. The Kier molecular flexibility index (Phi) is 5.47. The van der Waals surface area contributed by atoms with E-state index in [-0.39, 0.29) is 0 Å². The minimum absolute atomic E-state index is 0.534. The molecule has 34 heavy (non-hydrogen) atoms. The molecule has 0 radical (unpaired) electrons. The lowest BCUT2D eigenvalue weighted by Gasteiger charge is -2.26. The number of nitrogens with zero attached hydrogens (tertiary/aromatic N) is 3. The van der Waals surface area contributed by atoms with E-state index in [9.17, 15) is 5.26 Å². The number of nitrogens with one attached hydrogen (secondary N) is 2. The highest BCUT2D eigenvalue weighted by atomic mass is 32.1. The van der Waals surface area contributed by atoms with E-state index in [1.807, 2.05) is 24.4 Å². The standard InChI is InChI=1S/C27H23N5OS/c28-15-21-16-30-27-23(26(21)31-22-4-5-24-19(13-22)6-7-29-24)14-25(34-27)20-3-1-2-18(12-20)17-32-8-10-33-11-9-32/h1-7,12-14,16,29H,8-11,17H2,(H,30,31). The van der Waals surface area contributed by atoms with Crippen molar-refractivity contribution in [2.24, 2.45) is 0 Å². The third-order valence-electron chi connectivity index (χ3n) is 6.23. The van der Waals surface area contributed by atoms with Gasteiger partial charge in [0.2, 0.25) is 0 Å². The summed E-state index contributed by atoms with van der Waals surface area (Å²) >= 11 is 1.65. The maximum Gasteiger partial charge on any atom is 0.126 e. The normalized spacial score (nSPS) is 14.4. The molecule has 2 N–H and O–H groups in total. The second-order valence-electron chi connectivity index (χ2n) is 8.48. The Balaban J connectivity index is 1.35. The molecule has 6 rings (SSSR count). The Morgan fingerprint density at radius 3 is 2.91 bits per heavy atom. The van der Waals surface area contributed by atoms with Gasteiger partial charge < -0.3 is 15.0 Å². The van der Waals surface area contributed by atoms with Gasteiger partial charge in [0.25, 0.3) is 0 Å². The first-order chi connectivity index (χ1) is 16.8. The first-order valence-corrected chi connectivity index (χ1v) is 12.1. The van der Waals surface area contributed by atoms with Crippen LogP contribution in [0.25, 0.3) is 31.6 Å². The van der Waals surface area contributed by atoms with Crippen LogP contribution < -0.4 is 5.32 Å². The number of ether oxygens (including phenoxy) is 1. The summed E-state index contributed by atoms with van der Waals surface area (Å²) in [5.74, 6) is 0. The zero-order chi connectivity index (χ0) is 22.9. The number of nitriles is 1. The average molecular weight is 466 g/mol. The summed E-state index contributed by atoms with van der Waals surface area (Å²) in [6, 6.07) is 21.4. The van der Waals surface area contributed by atoms with Crippen LogP contribution in [0, 0.1) is 11.3 Å². The maximum absolute atomic E-state index is 9.77. The number of thiophene rings is 1. The van der Waals surface area contributed by atoms with Gasteiger partial charge in [-0.25, -0.2) is 4.98 Å². The van der Waals surface area contributed by atoms with E-state index >= 15 is 0 Å². The van der Waals surface area contributed by atoms with Crippen molar-refractivity contribution in [1.82, 2.24) is 14.9 Å². The van der Waals surface area contributed by atoms with E-state index in [0.717, 1.165) is 70.2 Å². The molecule has 0 amide bonds. The molecular weight excluding hydrogens is 442 g/mol. The Hall–Kier alpha value is -3.70. The number of hydrogen-bond acceptors (Lipinski definition) is 6. The fourth-order valence-electron chi connectivity index (χ4n) is 4.47. The van der Waals surface area contributed by atoms with E-state index in [0.29, 0.717) is 5.56 Å². The number of rotatable bonds is 5. The highest BCUT2D eigenvalue weighted by Gasteiger charge is 2.15. The molecule has 2 aromatic carbocycles. The summed E-state index contributed by atoms with van der Waals surface area (Å²) in [5, 5.41) is 15.3. The molecule has 0 aliphatic carbocycles. The highest BCUT2D eigenvalue weighted by molar-refractivity contribution is 7.22. The lowest BCUT2D eigenvalue weighted by molar-refractivity contribution is 0.0342. The van der Waals surface area contributed by atoms with Crippen LogP contribution in [-0.4, -0.2) is 41.2 Å². The second-order valence-corrected chi connectivity index (χ2v) is 9.51. The second kappa shape index (κ2) is 8.92. The number of morpholine rings is 1. The van der Waals surface area contributed by atoms with E-state index in [1.54, 1.807) is 17.5 Å². The van der Waals surface area contributed by atoms with Crippen LogP contribution in [0.2, 0.25) is 0 Å². The maximum atomic E-state index is 9.77. The predicted molar refractivity (Wildman–Crippen MR) is 137 cm³/mol. The topological polar surface area (TPSA) is 77.0 Å². The van der Waals surface area contributed by atoms with E-state index < -0.39 is 0 Å². The molecule has 0 unspecified atom stereocenters. The number of hydrogen-bond donors (Lipinski definition) is 2. The molecule has 6 nitrogen and oxygen atoms in total. The monoisotopic (exact) mass is 465 g/mol. The number of fused-ring (bicyclic) bond motifs is 2. The summed E-state index contributed by atoms with van der Waals surface area (Å²) in [7, 11) is 0. The van der Waals surface area contributed by atoms with Gasteiger partial charge in [-0.15, -0.1) is 11.3 Å². The van der Waals surface area contributed by atoms with Crippen LogP contribution in [0.1, 0.15) is 11.1 Å².